The first kappa shape index (κ1) is 20.4. The van der Waals surface area contributed by atoms with Gasteiger partial charge < -0.3 is 14.8 Å². The van der Waals surface area contributed by atoms with Gasteiger partial charge in [0, 0.05) is 12.1 Å². The normalized spacial score (nSPS) is 10.3. The van der Waals surface area contributed by atoms with Gasteiger partial charge in [-0.25, -0.2) is 14.4 Å². The minimum absolute atomic E-state index is 0.297. The summed E-state index contributed by atoms with van der Waals surface area (Å²) in [6, 6.07) is 13.7. The standard InChI is InChI=1S/C21H19FN4O2S/c1-27-17-9-6-14(10-18(17)28-2)19-16(11-23)20(26-21(25-19)29-3)24-12-13-4-7-15(22)8-5-13/h4-10H,12H2,1-3H3,(H,24,25,26). The first-order valence-electron chi connectivity index (χ1n) is 8.66. The maximum Gasteiger partial charge on any atom is 0.189 e. The van der Waals surface area contributed by atoms with Crippen molar-refractivity contribution in [1.29, 1.82) is 5.26 Å². The van der Waals surface area contributed by atoms with Crippen LogP contribution in [0.1, 0.15) is 11.1 Å². The van der Waals surface area contributed by atoms with Gasteiger partial charge in [-0.2, -0.15) is 5.26 Å². The van der Waals surface area contributed by atoms with Gasteiger partial charge in [0.05, 0.1) is 19.9 Å². The fourth-order valence-corrected chi connectivity index (χ4v) is 3.11. The number of hydrogen-bond donors (Lipinski definition) is 1. The number of hydrogen-bond acceptors (Lipinski definition) is 7. The summed E-state index contributed by atoms with van der Waals surface area (Å²) in [7, 11) is 3.11. The number of nitrogens with one attached hydrogen (secondary N) is 1. The molecule has 8 heteroatoms. The summed E-state index contributed by atoms with van der Waals surface area (Å²) in [5, 5.41) is 13.5. The van der Waals surface area contributed by atoms with Gasteiger partial charge in [0.1, 0.15) is 23.3 Å². The van der Waals surface area contributed by atoms with Gasteiger partial charge >= 0.3 is 0 Å². The Hall–Kier alpha value is -3.31. The van der Waals surface area contributed by atoms with Gasteiger partial charge in [-0.15, -0.1) is 0 Å². The van der Waals surface area contributed by atoms with Crippen LogP contribution in [0.3, 0.4) is 0 Å². The first-order chi connectivity index (χ1) is 14.1. The third-order valence-electron chi connectivity index (χ3n) is 4.21. The third kappa shape index (κ3) is 4.58. The zero-order valence-corrected chi connectivity index (χ0v) is 17.0. The Morgan fingerprint density at radius 1 is 1.07 bits per heavy atom. The Kier molecular flexibility index (Phi) is 6.52. The molecule has 3 aromatic rings. The number of halogens is 1. The van der Waals surface area contributed by atoms with E-state index in [1.54, 1.807) is 38.5 Å². The zero-order valence-electron chi connectivity index (χ0n) is 16.2. The zero-order chi connectivity index (χ0) is 20.8. The Morgan fingerprint density at radius 3 is 2.41 bits per heavy atom. The number of methoxy groups -OCH3 is 2. The van der Waals surface area contributed by atoms with Gasteiger partial charge in [-0.3, -0.25) is 0 Å². The second-order valence-corrected chi connectivity index (χ2v) is 6.72. The van der Waals surface area contributed by atoms with E-state index in [1.165, 1.54) is 23.9 Å². The molecule has 1 heterocycles. The second kappa shape index (κ2) is 9.26. The van der Waals surface area contributed by atoms with E-state index in [4.69, 9.17) is 9.47 Å². The second-order valence-electron chi connectivity index (χ2n) is 5.94. The van der Waals surface area contributed by atoms with Crippen LogP contribution >= 0.6 is 11.8 Å². The number of ether oxygens (including phenoxy) is 2. The summed E-state index contributed by atoms with van der Waals surface area (Å²) >= 11 is 1.38. The number of benzene rings is 2. The molecule has 0 fully saturated rings. The van der Waals surface area contributed by atoms with Gasteiger partial charge in [0.15, 0.2) is 16.7 Å². The fraction of sp³-hybridized carbons (Fsp3) is 0.190. The maximum absolute atomic E-state index is 13.1. The summed E-state index contributed by atoms with van der Waals surface area (Å²) in [5.41, 5.74) is 2.39. The van der Waals surface area contributed by atoms with Crippen LogP contribution in [0, 0.1) is 17.1 Å². The van der Waals surface area contributed by atoms with Crippen molar-refractivity contribution >= 4 is 17.6 Å². The lowest BCUT2D eigenvalue weighted by Gasteiger charge is -2.14. The summed E-state index contributed by atoms with van der Waals surface area (Å²) in [6.45, 7) is 0.394. The van der Waals surface area contributed by atoms with Gasteiger partial charge in [0.2, 0.25) is 0 Å². The highest BCUT2D eigenvalue weighted by atomic mass is 32.2. The molecule has 1 aromatic heterocycles. The molecule has 148 valence electrons. The summed E-state index contributed by atoms with van der Waals surface area (Å²) < 4.78 is 23.8. The highest BCUT2D eigenvalue weighted by Crippen LogP contribution is 2.35. The Balaban J connectivity index is 2.02. The molecule has 0 aliphatic rings. The number of aromatic nitrogens is 2. The monoisotopic (exact) mass is 410 g/mol. The summed E-state index contributed by atoms with van der Waals surface area (Å²) in [6.07, 6.45) is 1.86. The van der Waals surface area contributed by atoms with E-state index in [0.29, 0.717) is 45.8 Å². The van der Waals surface area contributed by atoms with Gasteiger partial charge in [-0.05, 0) is 42.2 Å². The van der Waals surface area contributed by atoms with Crippen molar-refractivity contribution in [2.75, 3.05) is 25.8 Å². The molecule has 0 saturated carbocycles. The van der Waals surface area contributed by atoms with E-state index in [2.05, 4.69) is 21.4 Å². The molecule has 0 aliphatic carbocycles. The molecule has 3 rings (SSSR count). The fourth-order valence-electron chi connectivity index (χ4n) is 2.75. The third-order valence-corrected chi connectivity index (χ3v) is 4.76. The lowest BCUT2D eigenvalue weighted by atomic mass is 10.1. The van der Waals surface area contributed by atoms with E-state index < -0.39 is 0 Å². The van der Waals surface area contributed by atoms with E-state index in [1.807, 2.05) is 12.3 Å². The van der Waals surface area contributed by atoms with Crippen LogP contribution in [0.15, 0.2) is 47.6 Å². The predicted molar refractivity (Wildman–Crippen MR) is 111 cm³/mol. The molecular weight excluding hydrogens is 391 g/mol. The molecule has 0 unspecified atom stereocenters. The molecule has 29 heavy (non-hydrogen) atoms. The molecular formula is C21H19FN4O2S. The molecule has 0 atom stereocenters. The molecule has 0 spiro atoms. The largest absolute Gasteiger partial charge is 0.493 e. The molecule has 1 N–H and O–H groups in total. The average molecular weight is 410 g/mol. The smallest absolute Gasteiger partial charge is 0.189 e. The molecule has 2 aromatic carbocycles. The highest BCUT2D eigenvalue weighted by Gasteiger charge is 2.17. The van der Waals surface area contributed by atoms with Crippen molar-refractivity contribution in [2.24, 2.45) is 0 Å². The quantitative estimate of drug-likeness (QED) is 0.453. The van der Waals surface area contributed by atoms with Gasteiger partial charge in [0.25, 0.3) is 0 Å². The molecule has 0 aliphatic heterocycles. The van der Waals surface area contributed by atoms with Crippen LogP contribution in [-0.4, -0.2) is 30.4 Å². The van der Waals surface area contributed by atoms with Crippen LogP contribution in [0.25, 0.3) is 11.3 Å². The van der Waals surface area contributed by atoms with Crippen LogP contribution in [-0.2, 0) is 6.54 Å². The van der Waals surface area contributed by atoms with Crippen molar-refractivity contribution in [2.45, 2.75) is 11.7 Å². The molecule has 0 bridgehead atoms. The maximum atomic E-state index is 13.1. The summed E-state index contributed by atoms with van der Waals surface area (Å²) in [5.74, 6) is 1.25. The number of thioether (sulfide) groups is 1. The van der Waals surface area contributed by atoms with E-state index in [9.17, 15) is 9.65 Å². The topological polar surface area (TPSA) is 80.1 Å². The Labute approximate surface area is 172 Å². The molecule has 0 amide bonds. The van der Waals surface area contributed by atoms with Crippen molar-refractivity contribution in [3.05, 3.63) is 59.4 Å². The van der Waals surface area contributed by atoms with Crippen molar-refractivity contribution in [1.82, 2.24) is 9.97 Å². The minimum atomic E-state index is -0.297. The minimum Gasteiger partial charge on any atom is -0.493 e. The number of rotatable bonds is 7. The lowest BCUT2D eigenvalue weighted by Crippen LogP contribution is -2.07. The summed E-state index contributed by atoms with van der Waals surface area (Å²) in [4.78, 5) is 8.98. The van der Waals surface area contributed by atoms with Crippen molar-refractivity contribution < 1.29 is 13.9 Å². The number of anilines is 1. The van der Waals surface area contributed by atoms with Crippen LogP contribution in [0.4, 0.5) is 10.2 Å². The molecule has 0 saturated heterocycles. The Bertz CT molecular complexity index is 1050. The average Bonchev–Trinajstić information content (AvgIpc) is 2.77. The van der Waals surface area contributed by atoms with E-state index >= 15 is 0 Å². The van der Waals surface area contributed by atoms with Crippen LogP contribution < -0.4 is 14.8 Å². The van der Waals surface area contributed by atoms with Gasteiger partial charge in [-0.1, -0.05) is 23.9 Å². The van der Waals surface area contributed by atoms with E-state index in [-0.39, 0.29) is 5.82 Å². The molecule has 6 nitrogen and oxygen atoms in total. The SMILES string of the molecule is COc1ccc(-c2nc(SC)nc(NCc3ccc(F)cc3)c2C#N)cc1OC. The highest BCUT2D eigenvalue weighted by molar-refractivity contribution is 7.98. The van der Waals surface area contributed by atoms with Crippen LogP contribution in [0.5, 0.6) is 11.5 Å². The van der Waals surface area contributed by atoms with E-state index in [0.717, 1.165) is 5.56 Å². The van der Waals surface area contributed by atoms with Crippen molar-refractivity contribution in [3.8, 4) is 28.8 Å². The first-order valence-corrected chi connectivity index (χ1v) is 9.89. The lowest BCUT2D eigenvalue weighted by molar-refractivity contribution is 0.355. The number of nitriles is 1. The number of nitrogens with zero attached hydrogens (tertiary/aromatic N) is 3. The predicted octanol–water partition coefficient (Wildman–Crippen LogP) is 4.51. The molecule has 0 radical (unpaired) electrons. The van der Waals surface area contributed by atoms with Crippen LogP contribution in [0.2, 0.25) is 0 Å². The van der Waals surface area contributed by atoms with Crippen molar-refractivity contribution in [3.63, 3.8) is 0 Å². The Morgan fingerprint density at radius 2 is 1.79 bits per heavy atom.